The van der Waals surface area contributed by atoms with Crippen LogP contribution in [0.4, 0.5) is 0 Å². The van der Waals surface area contributed by atoms with Crippen LogP contribution in [0.3, 0.4) is 0 Å². The van der Waals surface area contributed by atoms with Crippen molar-refractivity contribution in [2.75, 3.05) is 0 Å². The molecule has 0 heterocycles. The summed E-state index contributed by atoms with van der Waals surface area (Å²) in [4.78, 5) is 0. The molecule has 6 aromatic rings. The maximum atomic E-state index is 6.11. The van der Waals surface area contributed by atoms with Gasteiger partial charge in [-0.25, -0.2) is 0 Å². The maximum absolute atomic E-state index is 6.11. The fraction of sp³-hybridized carbons (Fsp3) is 0.241. The molecule has 0 aliphatic heterocycles. The van der Waals surface area contributed by atoms with E-state index in [1.807, 2.05) is 44.2 Å². The number of benzene rings is 6. The largest absolute Gasteiger partial charge is 0.321 e. The normalized spacial score (nSPS) is 14.6. The van der Waals surface area contributed by atoms with Crippen LogP contribution < -0.4 is 5.73 Å². The third-order valence-corrected chi connectivity index (χ3v) is 11.8. The van der Waals surface area contributed by atoms with Gasteiger partial charge in [-0.05, 0) is 102 Å². The van der Waals surface area contributed by atoms with Crippen molar-refractivity contribution in [3.8, 4) is 22.3 Å². The molecule has 1 unspecified atom stereocenters. The highest BCUT2D eigenvalue weighted by Gasteiger charge is 2.39. The quantitative estimate of drug-likeness (QED) is 0.173. The van der Waals surface area contributed by atoms with Gasteiger partial charge in [-0.15, -0.1) is 0 Å². The number of rotatable bonds is 5. The van der Waals surface area contributed by atoms with Crippen molar-refractivity contribution in [3.63, 3.8) is 0 Å². The Morgan fingerprint density at radius 2 is 1.03 bits per heavy atom. The second kappa shape index (κ2) is 21.3. The molecule has 2 N–H and O–H groups in total. The molecule has 1 atom stereocenters. The van der Waals surface area contributed by atoms with Crippen LogP contribution in [0.25, 0.3) is 33.4 Å². The summed E-state index contributed by atoms with van der Waals surface area (Å²) in [7, 11) is 0. The summed E-state index contributed by atoms with van der Waals surface area (Å²) in [6.07, 6.45) is 4.29. The van der Waals surface area contributed by atoms with Gasteiger partial charge in [0.2, 0.25) is 0 Å². The topological polar surface area (TPSA) is 26.0 Å². The predicted molar refractivity (Wildman–Crippen MR) is 261 cm³/mol. The second-order valence-corrected chi connectivity index (χ2v) is 16.3. The van der Waals surface area contributed by atoms with Crippen molar-refractivity contribution in [1.29, 1.82) is 0 Å². The average Bonchev–Trinajstić information content (AvgIpc) is 3.77. The molecule has 0 radical (unpaired) electrons. The van der Waals surface area contributed by atoms with Crippen LogP contribution in [-0.2, 0) is 5.41 Å². The third-order valence-electron chi connectivity index (χ3n) is 11.8. The molecule has 0 fully saturated rings. The monoisotopic (exact) mass is 778 g/mol. The minimum absolute atomic E-state index is 0.0132. The fourth-order valence-electron chi connectivity index (χ4n) is 7.47. The third kappa shape index (κ3) is 11.5. The Hall–Kier alpha value is -5.76. The summed E-state index contributed by atoms with van der Waals surface area (Å²) in [5.74, 6) is 0. The van der Waals surface area contributed by atoms with Gasteiger partial charge in [0.1, 0.15) is 0 Å². The van der Waals surface area contributed by atoms with Crippen LogP contribution in [0.1, 0.15) is 90.1 Å². The van der Waals surface area contributed by atoms with Crippen LogP contribution in [0.15, 0.2) is 199 Å². The molecule has 6 aromatic carbocycles. The first kappa shape index (κ1) is 45.9. The Kier molecular flexibility index (Phi) is 16.6. The van der Waals surface area contributed by atoms with Gasteiger partial charge >= 0.3 is 0 Å². The van der Waals surface area contributed by atoms with E-state index in [0.29, 0.717) is 0 Å². The van der Waals surface area contributed by atoms with E-state index in [-0.39, 0.29) is 16.9 Å². The van der Waals surface area contributed by atoms with Crippen LogP contribution in [0.2, 0.25) is 0 Å². The number of hydrogen-bond acceptors (Lipinski definition) is 1. The van der Waals surface area contributed by atoms with E-state index in [1.165, 1.54) is 77.9 Å². The Balaban J connectivity index is 0.000000184. The lowest BCUT2D eigenvalue weighted by Gasteiger charge is -2.29. The average molecular weight is 778 g/mol. The van der Waals surface area contributed by atoms with Gasteiger partial charge in [0.05, 0.1) is 0 Å². The minimum Gasteiger partial charge on any atom is -0.321 e. The number of aryl methyl sites for hydroxylation is 2. The van der Waals surface area contributed by atoms with Crippen molar-refractivity contribution in [1.82, 2.24) is 0 Å². The lowest BCUT2D eigenvalue weighted by molar-refractivity contribution is 0.542. The molecular formula is C58H67N. The molecule has 1 heteroatoms. The van der Waals surface area contributed by atoms with Crippen molar-refractivity contribution < 1.29 is 0 Å². The van der Waals surface area contributed by atoms with E-state index >= 15 is 0 Å². The van der Waals surface area contributed by atoms with E-state index in [1.54, 1.807) is 0 Å². The van der Waals surface area contributed by atoms with Crippen molar-refractivity contribution in [2.45, 2.75) is 87.6 Å². The molecule has 0 amide bonds. The van der Waals surface area contributed by atoms with Gasteiger partial charge in [0, 0.05) is 16.9 Å². The molecule has 0 saturated heterocycles. The van der Waals surface area contributed by atoms with Crippen LogP contribution in [0.5, 0.6) is 0 Å². The fourth-order valence-corrected chi connectivity index (χ4v) is 7.47. The number of allylic oxidation sites excluding steroid dienone is 5. The van der Waals surface area contributed by atoms with Gasteiger partial charge in [0.25, 0.3) is 0 Å². The van der Waals surface area contributed by atoms with Crippen molar-refractivity contribution in [2.24, 2.45) is 11.1 Å². The first-order valence-electron chi connectivity index (χ1n) is 21.1. The molecule has 0 aromatic heterocycles. The van der Waals surface area contributed by atoms with Gasteiger partial charge in [-0.3, -0.25) is 0 Å². The summed E-state index contributed by atoms with van der Waals surface area (Å²) in [5.41, 5.74) is 24.7. The zero-order valence-corrected chi connectivity index (χ0v) is 37.6. The molecule has 0 bridgehead atoms. The number of hydrogen-bond donors (Lipinski definition) is 1. The van der Waals surface area contributed by atoms with Crippen LogP contribution in [0, 0.1) is 19.3 Å². The molecule has 304 valence electrons. The minimum atomic E-state index is 0.0132. The highest BCUT2D eigenvalue weighted by molar-refractivity contribution is 5.88. The first-order chi connectivity index (χ1) is 28.2. The number of nitrogens with two attached hydrogens (primary N) is 1. The second-order valence-electron chi connectivity index (χ2n) is 16.3. The van der Waals surface area contributed by atoms with Crippen molar-refractivity contribution >= 4 is 11.1 Å². The van der Waals surface area contributed by atoms with Gasteiger partial charge in [-0.2, -0.15) is 0 Å². The Bertz CT molecular complexity index is 2300. The zero-order chi connectivity index (χ0) is 43.2. The predicted octanol–water partition coefficient (Wildman–Crippen LogP) is 16.1. The highest BCUT2D eigenvalue weighted by Crippen LogP contribution is 2.50. The summed E-state index contributed by atoms with van der Waals surface area (Å²) in [5, 5.41) is 0. The van der Waals surface area contributed by atoms with Gasteiger partial charge < -0.3 is 5.73 Å². The van der Waals surface area contributed by atoms with E-state index in [2.05, 4.69) is 215 Å². The SMILES string of the molecule is C=C(C)C(C)(C)/C(C)=C(\C)c1cc(-c2ccccc2)ccc1C.CC.CC1(C)C2=C(c3ccccc31)C(N)C=C2.Cc1ccccc1.c1ccc(-c2ccccc2)cc1. The molecule has 2 aliphatic rings. The molecule has 0 spiro atoms. The lowest BCUT2D eigenvalue weighted by atomic mass is 9.76. The van der Waals surface area contributed by atoms with Gasteiger partial charge in [0.15, 0.2) is 0 Å². The van der Waals surface area contributed by atoms with E-state index < -0.39 is 0 Å². The summed E-state index contributed by atoms with van der Waals surface area (Å²) < 4.78 is 0. The Morgan fingerprint density at radius 3 is 1.49 bits per heavy atom. The van der Waals surface area contributed by atoms with Crippen molar-refractivity contribution in [3.05, 3.63) is 227 Å². The zero-order valence-electron chi connectivity index (χ0n) is 37.6. The highest BCUT2D eigenvalue weighted by atomic mass is 14.7. The number of fused-ring (bicyclic) bond motifs is 2. The van der Waals surface area contributed by atoms with Gasteiger partial charge in [-0.1, -0.05) is 235 Å². The van der Waals surface area contributed by atoms with Crippen LogP contribution in [-0.4, -0.2) is 6.04 Å². The van der Waals surface area contributed by atoms with E-state index in [0.717, 1.165) is 0 Å². The molecule has 8 rings (SSSR count). The molecule has 0 saturated carbocycles. The Morgan fingerprint density at radius 1 is 0.593 bits per heavy atom. The summed E-state index contributed by atoms with van der Waals surface area (Å²) >= 11 is 0. The maximum Gasteiger partial charge on any atom is 0.0493 e. The van der Waals surface area contributed by atoms with E-state index in [4.69, 9.17) is 5.73 Å². The molecular weight excluding hydrogens is 711 g/mol. The summed E-state index contributed by atoms with van der Waals surface area (Å²) in [6.45, 7) is 28.1. The van der Waals surface area contributed by atoms with E-state index in [9.17, 15) is 0 Å². The Labute approximate surface area is 357 Å². The smallest absolute Gasteiger partial charge is 0.0493 e. The van der Waals surface area contributed by atoms with Crippen LogP contribution >= 0.6 is 0 Å². The summed E-state index contributed by atoms with van der Waals surface area (Å²) in [6, 6.07) is 57.1. The molecule has 1 nitrogen and oxygen atoms in total. The standard InChI is InChI=1S/C23H28.C14H15N.C12H10.C7H8.C2H6/c1-16(2)23(6,7)19(5)18(4)22-15-21(14-13-17(22)3)20-11-9-8-10-12-20;1-14(2)10-6-4-3-5-9(10)13-11(14)7-8-12(13)15;1-3-7-11(8-4-1)12-9-5-2-6-10-12;1-7-5-3-2-4-6-7;1-2/h8-15H,1H2,2-7H3;3-8,12H,15H2,1-2H3;1-10H;2-6H,1H3;1-2H3/b19-18+;;;;. The molecule has 2 aliphatic carbocycles. The lowest BCUT2D eigenvalue weighted by Crippen LogP contribution is -2.16. The first-order valence-corrected chi connectivity index (χ1v) is 21.1. The molecule has 59 heavy (non-hydrogen) atoms.